The number of allylic oxidation sites excluding steroid dienone is 1. The van der Waals surface area contributed by atoms with Crippen molar-refractivity contribution in [3.63, 3.8) is 0 Å². The number of rotatable bonds is 0. The molecule has 1 aromatic carbocycles. The second-order valence-corrected chi connectivity index (χ2v) is 6.23. The fourth-order valence-corrected chi connectivity index (χ4v) is 2.77. The van der Waals surface area contributed by atoms with Crippen molar-refractivity contribution >= 4 is 27.8 Å². The van der Waals surface area contributed by atoms with Crippen LogP contribution in [0, 0.1) is 0 Å². The third-order valence-electron chi connectivity index (χ3n) is 3.45. The molecule has 0 spiro atoms. The van der Waals surface area contributed by atoms with Crippen LogP contribution in [0.1, 0.15) is 37.8 Å². The SMILES string of the molecule is CC1=Cc2ccccc2C(C)C(C)(Br)C1=O. The Morgan fingerprint density at radius 1 is 1.31 bits per heavy atom. The van der Waals surface area contributed by atoms with E-state index in [1.165, 1.54) is 5.56 Å². The van der Waals surface area contributed by atoms with Crippen LogP contribution in [0.3, 0.4) is 0 Å². The standard InChI is InChI=1S/C14H15BrO/c1-9-8-11-6-4-5-7-12(11)10(2)14(3,15)13(9)16/h4-8,10H,1-3H3. The lowest BCUT2D eigenvalue weighted by molar-refractivity contribution is -0.117. The second-order valence-electron chi connectivity index (χ2n) is 4.58. The number of halogens is 1. The molecule has 0 N–H and O–H groups in total. The molecule has 0 bridgehead atoms. The van der Waals surface area contributed by atoms with Crippen molar-refractivity contribution in [1.29, 1.82) is 0 Å². The number of hydrogen-bond acceptors (Lipinski definition) is 1. The van der Waals surface area contributed by atoms with Crippen molar-refractivity contribution in [2.45, 2.75) is 31.0 Å². The molecule has 84 valence electrons. The highest BCUT2D eigenvalue weighted by Gasteiger charge is 2.39. The van der Waals surface area contributed by atoms with Gasteiger partial charge in [0.2, 0.25) is 0 Å². The molecule has 2 unspecified atom stereocenters. The van der Waals surface area contributed by atoms with Gasteiger partial charge in [-0.3, -0.25) is 4.79 Å². The van der Waals surface area contributed by atoms with Crippen molar-refractivity contribution < 1.29 is 4.79 Å². The number of Topliss-reactive ketones (excluding diaryl/α,β-unsaturated/α-hetero) is 1. The minimum atomic E-state index is -0.500. The van der Waals surface area contributed by atoms with E-state index in [9.17, 15) is 4.79 Å². The number of ketones is 1. The number of benzene rings is 1. The van der Waals surface area contributed by atoms with Crippen molar-refractivity contribution in [2.24, 2.45) is 0 Å². The third-order valence-corrected chi connectivity index (χ3v) is 4.50. The lowest BCUT2D eigenvalue weighted by Gasteiger charge is -2.27. The molecule has 1 aromatic rings. The van der Waals surface area contributed by atoms with Gasteiger partial charge in [0.15, 0.2) is 5.78 Å². The van der Waals surface area contributed by atoms with E-state index in [4.69, 9.17) is 0 Å². The van der Waals surface area contributed by atoms with Crippen LogP contribution in [0.5, 0.6) is 0 Å². The van der Waals surface area contributed by atoms with Crippen molar-refractivity contribution in [2.75, 3.05) is 0 Å². The number of carbonyl (C=O) groups excluding carboxylic acids is 1. The van der Waals surface area contributed by atoms with Crippen LogP contribution in [-0.2, 0) is 4.79 Å². The number of fused-ring (bicyclic) bond motifs is 1. The van der Waals surface area contributed by atoms with E-state index in [1.807, 2.05) is 32.1 Å². The predicted octanol–water partition coefficient (Wildman–Crippen LogP) is 3.93. The van der Waals surface area contributed by atoms with E-state index in [2.05, 4.69) is 35.0 Å². The molecule has 0 aliphatic heterocycles. The summed E-state index contributed by atoms with van der Waals surface area (Å²) in [6, 6.07) is 8.20. The summed E-state index contributed by atoms with van der Waals surface area (Å²) >= 11 is 3.59. The predicted molar refractivity (Wildman–Crippen MR) is 70.8 cm³/mol. The second kappa shape index (κ2) is 3.85. The Hall–Kier alpha value is -0.890. The van der Waals surface area contributed by atoms with Crippen molar-refractivity contribution in [1.82, 2.24) is 0 Å². The first-order chi connectivity index (χ1) is 7.44. The summed E-state index contributed by atoms with van der Waals surface area (Å²) in [7, 11) is 0. The zero-order valence-corrected chi connectivity index (χ0v) is 11.3. The molecule has 16 heavy (non-hydrogen) atoms. The van der Waals surface area contributed by atoms with Gasteiger partial charge >= 0.3 is 0 Å². The molecule has 2 rings (SSSR count). The van der Waals surface area contributed by atoms with E-state index >= 15 is 0 Å². The minimum absolute atomic E-state index is 0.171. The third kappa shape index (κ3) is 1.65. The Labute approximate surface area is 105 Å². The maximum atomic E-state index is 12.2. The van der Waals surface area contributed by atoms with Crippen LogP contribution in [0.25, 0.3) is 6.08 Å². The average molecular weight is 279 g/mol. The van der Waals surface area contributed by atoms with E-state index in [1.54, 1.807) is 0 Å². The first-order valence-electron chi connectivity index (χ1n) is 5.45. The van der Waals surface area contributed by atoms with E-state index < -0.39 is 4.32 Å². The average Bonchev–Trinajstić information content (AvgIpc) is 2.32. The van der Waals surface area contributed by atoms with E-state index in [0.717, 1.165) is 11.1 Å². The summed E-state index contributed by atoms with van der Waals surface area (Å²) in [5.74, 6) is 0.348. The van der Waals surface area contributed by atoms with Gasteiger partial charge in [0.25, 0.3) is 0 Å². The lowest BCUT2D eigenvalue weighted by atomic mass is 9.85. The van der Waals surface area contributed by atoms with Gasteiger partial charge in [0.1, 0.15) is 0 Å². The molecule has 2 heteroatoms. The molecule has 1 aliphatic rings. The first-order valence-corrected chi connectivity index (χ1v) is 6.25. The van der Waals surface area contributed by atoms with Crippen LogP contribution in [0.4, 0.5) is 0 Å². The molecule has 0 heterocycles. The molecule has 0 saturated heterocycles. The molecule has 0 saturated carbocycles. The molecule has 0 fully saturated rings. The quantitative estimate of drug-likeness (QED) is 0.658. The van der Waals surface area contributed by atoms with E-state index in [-0.39, 0.29) is 11.7 Å². The van der Waals surface area contributed by atoms with Gasteiger partial charge in [0, 0.05) is 5.92 Å². The van der Waals surface area contributed by atoms with E-state index in [0.29, 0.717) is 0 Å². The number of carbonyl (C=O) groups is 1. The maximum absolute atomic E-state index is 12.2. The van der Waals surface area contributed by atoms with Gasteiger partial charge in [-0.25, -0.2) is 0 Å². The molecule has 0 aromatic heterocycles. The van der Waals surface area contributed by atoms with Crippen LogP contribution < -0.4 is 0 Å². The highest BCUT2D eigenvalue weighted by atomic mass is 79.9. The zero-order chi connectivity index (χ0) is 11.9. The summed E-state index contributed by atoms with van der Waals surface area (Å²) < 4.78 is -0.500. The summed E-state index contributed by atoms with van der Waals surface area (Å²) in [4.78, 5) is 12.2. The van der Waals surface area contributed by atoms with Crippen LogP contribution in [0.2, 0.25) is 0 Å². The molecule has 1 nitrogen and oxygen atoms in total. The fraction of sp³-hybridized carbons (Fsp3) is 0.357. The molecular weight excluding hydrogens is 264 g/mol. The Balaban J connectivity index is 2.68. The van der Waals surface area contributed by atoms with Gasteiger partial charge in [-0.05, 0) is 36.6 Å². The topological polar surface area (TPSA) is 17.1 Å². The Kier molecular flexibility index (Phi) is 2.79. The van der Waals surface area contributed by atoms with Crippen molar-refractivity contribution in [3.05, 3.63) is 41.0 Å². The van der Waals surface area contributed by atoms with Gasteiger partial charge in [0.05, 0.1) is 4.32 Å². The summed E-state index contributed by atoms with van der Waals surface area (Å²) in [5.41, 5.74) is 3.20. The fourth-order valence-electron chi connectivity index (χ4n) is 2.21. The summed E-state index contributed by atoms with van der Waals surface area (Å²) in [6.07, 6.45) is 1.99. The molecule has 0 radical (unpaired) electrons. The van der Waals surface area contributed by atoms with Gasteiger partial charge in [-0.2, -0.15) is 0 Å². The molecule has 2 atom stereocenters. The number of hydrogen-bond donors (Lipinski definition) is 0. The number of alkyl halides is 1. The molecule has 0 amide bonds. The maximum Gasteiger partial charge on any atom is 0.175 e. The smallest absolute Gasteiger partial charge is 0.175 e. The van der Waals surface area contributed by atoms with Crippen LogP contribution in [-0.4, -0.2) is 10.1 Å². The zero-order valence-electron chi connectivity index (χ0n) is 9.75. The lowest BCUT2D eigenvalue weighted by Crippen LogP contribution is -2.33. The first kappa shape index (κ1) is 11.6. The highest BCUT2D eigenvalue weighted by molar-refractivity contribution is 9.10. The van der Waals surface area contributed by atoms with Gasteiger partial charge in [-0.15, -0.1) is 0 Å². The van der Waals surface area contributed by atoms with Crippen LogP contribution >= 0.6 is 15.9 Å². The molecule has 1 aliphatic carbocycles. The minimum Gasteiger partial charge on any atom is -0.293 e. The van der Waals surface area contributed by atoms with Gasteiger partial charge in [-0.1, -0.05) is 47.1 Å². The highest BCUT2D eigenvalue weighted by Crippen LogP contribution is 2.41. The Bertz CT molecular complexity index is 471. The normalized spacial score (nSPS) is 29.4. The Morgan fingerprint density at radius 3 is 2.62 bits per heavy atom. The monoisotopic (exact) mass is 278 g/mol. The summed E-state index contributed by atoms with van der Waals surface area (Å²) in [5, 5.41) is 0. The van der Waals surface area contributed by atoms with Crippen LogP contribution in [0.15, 0.2) is 29.8 Å². The Morgan fingerprint density at radius 2 is 1.94 bits per heavy atom. The largest absolute Gasteiger partial charge is 0.293 e. The van der Waals surface area contributed by atoms with Crippen molar-refractivity contribution in [3.8, 4) is 0 Å². The summed E-state index contributed by atoms with van der Waals surface area (Å²) in [6.45, 7) is 5.94. The van der Waals surface area contributed by atoms with Gasteiger partial charge < -0.3 is 0 Å². The molecular formula is C14H15BrO.